The first-order chi connectivity index (χ1) is 12.9. The topological polar surface area (TPSA) is 56.0 Å². The number of hydrogen-bond acceptors (Lipinski definition) is 2. The second-order valence-corrected chi connectivity index (χ2v) is 6.16. The summed E-state index contributed by atoms with van der Waals surface area (Å²) in [5.74, 6) is -0.801. The molecule has 3 aromatic rings. The molecule has 0 spiro atoms. The van der Waals surface area contributed by atoms with Crippen LogP contribution in [0, 0.1) is 0 Å². The Hall–Kier alpha value is -3.15. The van der Waals surface area contributed by atoms with E-state index in [1.807, 2.05) is 30.3 Å². The molecule has 6 heteroatoms. The van der Waals surface area contributed by atoms with Crippen molar-refractivity contribution in [3.63, 3.8) is 0 Å². The third-order valence-electron chi connectivity index (χ3n) is 4.39. The highest BCUT2D eigenvalue weighted by Crippen LogP contribution is 2.32. The Bertz CT molecular complexity index is 922. The fourth-order valence-electron chi connectivity index (χ4n) is 3.05. The molecule has 27 heavy (non-hydrogen) atoms. The summed E-state index contributed by atoms with van der Waals surface area (Å²) in [4.78, 5) is 15.3. The molecule has 2 N–H and O–H groups in total. The molecule has 3 nitrogen and oxygen atoms in total. The molecular formula is C21H17F3N2O. The normalized spacial score (nSPS) is 12.6. The molecule has 0 aliphatic carbocycles. The zero-order valence-corrected chi connectivity index (χ0v) is 14.3. The molecule has 1 amide bonds. The molecule has 138 valence electrons. The monoisotopic (exact) mass is 370 g/mol. The van der Waals surface area contributed by atoms with Crippen molar-refractivity contribution in [2.24, 2.45) is 5.73 Å². The summed E-state index contributed by atoms with van der Waals surface area (Å²) in [7, 11) is 0. The fourth-order valence-corrected chi connectivity index (χ4v) is 3.05. The van der Waals surface area contributed by atoms with Crippen molar-refractivity contribution in [3.8, 4) is 0 Å². The predicted octanol–water partition coefficient (Wildman–Crippen LogP) is 4.57. The van der Waals surface area contributed by atoms with Crippen LogP contribution in [0.25, 0.3) is 0 Å². The van der Waals surface area contributed by atoms with E-state index in [9.17, 15) is 18.0 Å². The number of benzene rings is 2. The maximum atomic E-state index is 12.8. The highest BCUT2D eigenvalue weighted by molar-refractivity contribution is 5.94. The number of primary amides is 1. The van der Waals surface area contributed by atoms with Crippen molar-refractivity contribution in [1.82, 2.24) is 4.98 Å². The molecule has 0 aliphatic rings. The molecular weight excluding hydrogens is 353 g/mol. The van der Waals surface area contributed by atoms with Crippen LogP contribution >= 0.6 is 0 Å². The van der Waals surface area contributed by atoms with Gasteiger partial charge in [0.15, 0.2) is 0 Å². The number of alkyl halides is 3. The van der Waals surface area contributed by atoms with Gasteiger partial charge in [-0.05, 0) is 35.2 Å². The van der Waals surface area contributed by atoms with Gasteiger partial charge in [0.1, 0.15) is 5.69 Å². The van der Waals surface area contributed by atoms with E-state index in [0.29, 0.717) is 17.5 Å². The number of halogens is 3. The van der Waals surface area contributed by atoms with Crippen LogP contribution in [-0.2, 0) is 12.6 Å². The zero-order chi connectivity index (χ0) is 19.4. The number of carbonyl (C=O) groups excluding carboxylic acids is 1. The SMILES string of the molecule is NC(=O)c1ccccc1CC(c1ccccc1)c1ccc(C(F)(F)F)nc1. The molecule has 1 heterocycles. The van der Waals surface area contributed by atoms with Gasteiger partial charge in [0.05, 0.1) is 0 Å². The van der Waals surface area contributed by atoms with Crippen molar-refractivity contribution in [1.29, 1.82) is 0 Å². The van der Waals surface area contributed by atoms with E-state index in [0.717, 1.165) is 17.2 Å². The van der Waals surface area contributed by atoms with Gasteiger partial charge in [-0.1, -0.05) is 54.6 Å². The van der Waals surface area contributed by atoms with Gasteiger partial charge in [0.25, 0.3) is 0 Å². The van der Waals surface area contributed by atoms with Gasteiger partial charge in [-0.25, -0.2) is 0 Å². The lowest BCUT2D eigenvalue weighted by atomic mass is 9.85. The maximum absolute atomic E-state index is 12.8. The summed E-state index contributed by atoms with van der Waals surface area (Å²) in [5.41, 5.74) is 7.21. The minimum Gasteiger partial charge on any atom is -0.366 e. The average Bonchev–Trinajstić information content (AvgIpc) is 2.66. The van der Waals surface area contributed by atoms with E-state index >= 15 is 0 Å². The number of rotatable bonds is 5. The number of aromatic nitrogens is 1. The molecule has 0 saturated carbocycles. The Labute approximate surface area is 154 Å². The van der Waals surface area contributed by atoms with Crippen LogP contribution < -0.4 is 5.73 Å². The first-order valence-electron chi connectivity index (χ1n) is 8.32. The highest BCUT2D eigenvalue weighted by Gasteiger charge is 2.32. The van der Waals surface area contributed by atoms with Crippen LogP contribution in [0.15, 0.2) is 72.9 Å². The molecule has 0 aliphatic heterocycles. The summed E-state index contributed by atoms with van der Waals surface area (Å²) in [6, 6.07) is 18.8. The summed E-state index contributed by atoms with van der Waals surface area (Å²) in [6.07, 6.45) is -2.83. The zero-order valence-electron chi connectivity index (χ0n) is 14.3. The highest BCUT2D eigenvalue weighted by atomic mass is 19.4. The van der Waals surface area contributed by atoms with Crippen LogP contribution in [0.5, 0.6) is 0 Å². The van der Waals surface area contributed by atoms with E-state index in [2.05, 4.69) is 4.98 Å². The Morgan fingerprint density at radius 1 is 0.926 bits per heavy atom. The summed E-state index contributed by atoms with van der Waals surface area (Å²) < 4.78 is 38.5. The number of nitrogens with zero attached hydrogens (tertiary/aromatic N) is 1. The molecule has 0 bridgehead atoms. The van der Waals surface area contributed by atoms with E-state index < -0.39 is 17.8 Å². The summed E-state index contributed by atoms with van der Waals surface area (Å²) in [6.45, 7) is 0. The lowest BCUT2D eigenvalue weighted by Crippen LogP contribution is -2.16. The van der Waals surface area contributed by atoms with E-state index in [1.165, 1.54) is 12.3 Å². The third kappa shape index (κ3) is 4.34. The first-order valence-corrected chi connectivity index (χ1v) is 8.32. The van der Waals surface area contributed by atoms with Gasteiger partial charge in [0, 0.05) is 17.7 Å². The van der Waals surface area contributed by atoms with Gasteiger partial charge in [-0.3, -0.25) is 9.78 Å². The first kappa shape index (κ1) is 18.6. The second-order valence-electron chi connectivity index (χ2n) is 6.16. The van der Waals surface area contributed by atoms with Gasteiger partial charge in [0.2, 0.25) is 5.91 Å². The smallest absolute Gasteiger partial charge is 0.366 e. The molecule has 0 fully saturated rings. The Balaban J connectivity index is 2.02. The molecule has 0 radical (unpaired) electrons. The van der Waals surface area contributed by atoms with E-state index in [4.69, 9.17) is 5.73 Å². The number of amides is 1. The molecule has 1 unspecified atom stereocenters. The minimum absolute atomic E-state index is 0.263. The van der Waals surface area contributed by atoms with Crippen LogP contribution in [0.3, 0.4) is 0 Å². The molecule has 1 atom stereocenters. The van der Waals surface area contributed by atoms with Gasteiger partial charge in [-0.15, -0.1) is 0 Å². The maximum Gasteiger partial charge on any atom is 0.433 e. The van der Waals surface area contributed by atoms with Crippen molar-refractivity contribution < 1.29 is 18.0 Å². The number of pyridine rings is 1. The second kappa shape index (κ2) is 7.61. The molecule has 0 saturated heterocycles. The van der Waals surface area contributed by atoms with Gasteiger partial charge in [-0.2, -0.15) is 13.2 Å². The summed E-state index contributed by atoms with van der Waals surface area (Å²) in [5, 5.41) is 0. The van der Waals surface area contributed by atoms with Crippen LogP contribution in [0.1, 0.15) is 38.7 Å². The Morgan fingerprint density at radius 3 is 2.19 bits per heavy atom. The predicted molar refractivity (Wildman–Crippen MR) is 96.2 cm³/mol. The fraction of sp³-hybridized carbons (Fsp3) is 0.143. The van der Waals surface area contributed by atoms with Crippen LogP contribution in [-0.4, -0.2) is 10.9 Å². The third-order valence-corrected chi connectivity index (χ3v) is 4.39. The Kier molecular flexibility index (Phi) is 5.26. The standard InChI is InChI=1S/C21H17F3N2O/c22-21(23,24)19-11-10-16(13-26-19)18(14-6-2-1-3-7-14)12-15-8-4-5-9-17(15)20(25)27/h1-11,13,18H,12H2,(H2,25,27). The largest absolute Gasteiger partial charge is 0.433 e. The lowest BCUT2D eigenvalue weighted by molar-refractivity contribution is -0.141. The lowest BCUT2D eigenvalue weighted by Gasteiger charge is -2.20. The van der Waals surface area contributed by atoms with Gasteiger partial charge < -0.3 is 5.73 Å². The Morgan fingerprint density at radius 2 is 1.59 bits per heavy atom. The number of carbonyl (C=O) groups is 1. The molecule has 2 aromatic carbocycles. The van der Waals surface area contributed by atoms with Crippen LogP contribution in [0.2, 0.25) is 0 Å². The van der Waals surface area contributed by atoms with Crippen molar-refractivity contribution >= 4 is 5.91 Å². The van der Waals surface area contributed by atoms with Crippen molar-refractivity contribution in [2.75, 3.05) is 0 Å². The molecule has 3 rings (SSSR count). The average molecular weight is 370 g/mol. The van der Waals surface area contributed by atoms with Crippen LogP contribution in [0.4, 0.5) is 13.2 Å². The minimum atomic E-state index is -4.49. The van der Waals surface area contributed by atoms with Crippen molar-refractivity contribution in [3.05, 3.63) is 101 Å². The number of hydrogen-bond donors (Lipinski definition) is 1. The van der Waals surface area contributed by atoms with Gasteiger partial charge >= 0.3 is 6.18 Å². The van der Waals surface area contributed by atoms with Crippen molar-refractivity contribution in [2.45, 2.75) is 18.5 Å². The molecule has 1 aromatic heterocycles. The number of nitrogens with two attached hydrogens (primary N) is 1. The van der Waals surface area contributed by atoms with E-state index in [1.54, 1.807) is 24.3 Å². The quantitative estimate of drug-likeness (QED) is 0.715. The van der Waals surface area contributed by atoms with E-state index in [-0.39, 0.29) is 5.92 Å². The summed E-state index contributed by atoms with van der Waals surface area (Å²) >= 11 is 0.